The molecule has 128 valence electrons. The molecule has 1 aromatic heterocycles. The molecule has 1 heterocycles. The Morgan fingerprint density at radius 3 is 2.38 bits per heavy atom. The first kappa shape index (κ1) is 18.4. The number of ether oxygens (including phenoxy) is 1. The number of nitrogens with zero attached hydrogens (tertiary/aromatic N) is 1. The third-order valence-corrected chi connectivity index (χ3v) is 3.56. The van der Waals surface area contributed by atoms with E-state index in [4.69, 9.17) is 27.9 Å². The van der Waals surface area contributed by atoms with Gasteiger partial charge in [-0.2, -0.15) is 0 Å². The van der Waals surface area contributed by atoms with Crippen molar-refractivity contribution in [3.05, 3.63) is 63.4 Å². The number of aliphatic hydroxyl groups excluding tert-OH is 1. The lowest BCUT2D eigenvalue weighted by atomic mass is 10.1. The lowest BCUT2D eigenvalue weighted by Gasteiger charge is -2.14. The van der Waals surface area contributed by atoms with Gasteiger partial charge in [0.25, 0.3) is 0 Å². The zero-order valence-corrected chi connectivity index (χ0v) is 13.6. The molecule has 2 N–H and O–H groups in total. The molecule has 1 atom stereocenters. The predicted molar refractivity (Wildman–Crippen MR) is 83.8 cm³/mol. The second-order valence-corrected chi connectivity index (χ2v) is 5.58. The fraction of sp³-hybridized carbons (Fsp3) is 0.200. The number of alkyl carbamates (subject to hydrolysis) is 1. The summed E-state index contributed by atoms with van der Waals surface area (Å²) in [4.78, 5) is 15.3. The summed E-state index contributed by atoms with van der Waals surface area (Å²) >= 11 is 11.8. The van der Waals surface area contributed by atoms with Gasteiger partial charge in [-0.05, 0) is 17.7 Å². The van der Waals surface area contributed by atoms with Crippen molar-refractivity contribution in [3.63, 3.8) is 0 Å². The summed E-state index contributed by atoms with van der Waals surface area (Å²) in [6.45, 7) is -0.548. The highest BCUT2D eigenvalue weighted by Crippen LogP contribution is 2.29. The first-order chi connectivity index (χ1) is 11.4. The van der Waals surface area contributed by atoms with Crippen LogP contribution < -0.4 is 5.32 Å². The van der Waals surface area contributed by atoms with Crippen molar-refractivity contribution in [3.8, 4) is 0 Å². The number of nitrogens with one attached hydrogen (secondary N) is 1. The van der Waals surface area contributed by atoms with Crippen LogP contribution in [0, 0.1) is 11.6 Å². The monoisotopic (exact) mass is 376 g/mol. The van der Waals surface area contributed by atoms with E-state index in [2.05, 4.69) is 10.3 Å². The number of hydrogen-bond donors (Lipinski definition) is 2. The van der Waals surface area contributed by atoms with Gasteiger partial charge in [0, 0.05) is 30.6 Å². The molecule has 0 aliphatic carbocycles. The third kappa shape index (κ3) is 5.02. The topological polar surface area (TPSA) is 71.5 Å². The Hall–Kier alpha value is -1.96. The van der Waals surface area contributed by atoms with Crippen LogP contribution in [0.3, 0.4) is 0 Å². The van der Waals surface area contributed by atoms with E-state index in [0.29, 0.717) is 0 Å². The molecule has 0 saturated carbocycles. The Kier molecular flexibility index (Phi) is 6.30. The number of aromatic nitrogens is 1. The van der Waals surface area contributed by atoms with E-state index in [0.717, 1.165) is 18.2 Å². The van der Waals surface area contributed by atoms with Crippen molar-refractivity contribution >= 4 is 29.3 Å². The Labute approximate surface area is 146 Å². The predicted octanol–water partition coefficient (Wildman–Crippen LogP) is 3.63. The average Bonchev–Trinajstić information content (AvgIpc) is 2.50. The zero-order chi connectivity index (χ0) is 17.7. The molecular formula is C15H12Cl2F2N2O3. The summed E-state index contributed by atoms with van der Waals surface area (Å²) < 4.78 is 30.9. The van der Waals surface area contributed by atoms with Crippen molar-refractivity contribution in [1.29, 1.82) is 0 Å². The molecule has 0 fully saturated rings. The fourth-order valence-corrected chi connectivity index (χ4v) is 2.53. The Morgan fingerprint density at radius 2 is 1.79 bits per heavy atom. The van der Waals surface area contributed by atoms with Crippen molar-refractivity contribution < 1.29 is 23.4 Å². The standard InChI is InChI=1S/C15H12Cl2F2N2O3/c16-11-5-20-6-12(17)14(11)13(22)7-24-15(23)21-4-8-1-9(18)3-10(19)2-8/h1-3,5-6,13,22H,4,7H2,(H,21,23). The molecule has 0 bridgehead atoms. The van der Waals surface area contributed by atoms with E-state index in [1.54, 1.807) is 0 Å². The smallest absolute Gasteiger partial charge is 0.407 e. The first-order valence-corrected chi connectivity index (χ1v) is 7.45. The number of aliphatic hydroxyl groups is 1. The Morgan fingerprint density at radius 1 is 1.21 bits per heavy atom. The minimum Gasteiger partial charge on any atom is -0.446 e. The molecule has 1 unspecified atom stereocenters. The molecule has 24 heavy (non-hydrogen) atoms. The van der Waals surface area contributed by atoms with Crippen LogP contribution in [0.15, 0.2) is 30.6 Å². The third-order valence-electron chi connectivity index (χ3n) is 2.96. The summed E-state index contributed by atoms with van der Waals surface area (Å²) in [6.07, 6.45) is 0.472. The van der Waals surface area contributed by atoms with E-state index >= 15 is 0 Å². The summed E-state index contributed by atoms with van der Waals surface area (Å²) in [6, 6.07) is 2.88. The molecule has 2 rings (SSSR count). The van der Waals surface area contributed by atoms with Gasteiger partial charge in [-0.25, -0.2) is 13.6 Å². The van der Waals surface area contributed by atoms with E-state index in [1.807, 2.05) is 0 Å². The number of halogens is 4. The van der Waals surface area contributed by atoms with E-state index in [1.165, 1.54) is 12.4 Å². The maximum absolute atomic E-state index is 13.0. The van der Waals surface area contributed by atoms with Gasteiger partial charge in [0.2, 0.25) is 0 Å². The average molecular weight is 377 g/mol. The first-order valence-electron chi connectivity index (χ1n) is 6.69. The molecule has 9 heteroatoms. The van der Waals surface area contributed by atoms with Gasteiger partial charge in [0.1, 0.15) is 24.3 Å². The van der Waals surface area contributed by atoms with Crippen LogP contribution in [0.2, 0.25) is 10.0 Å². The van der Waals surface area contributed by atoms with Crippen LogP contribution in [0.5, 0.6) is 0 Å². The second-order valence-electron chi connectivity index (χ2n) is 4.76. The van der Waals surface area contributed by atoms with Crippen molar-refractivity contribution in [1.82, 2.24) is 10.3 Å². The van der Waals surface area contributed by atoms with Gasteiger partial charge in [-0.3, -0.25) is 4.98 Å². The van der Waals surface area contributed by atoms with Crippen LogP contribution in [0.25, 0.3) is 0 Å². The maximum Gasteiger partial charge on any atom is 0.407 e. The van der Waals surface area contributed by atoms with Gasteiger partial charge >= 0.3 is 6.09 Å². The normalized spacial score (nSPS) is 11.9. The molecule has 2 aromatic rings. The van der Waals surface area contributed by atoms with Gasteiger partial charge < -0.3 is 15.2 Å². The van der Waals surface area contributed by atoms with Crippen LogP contribution >= 0.6 is 23.2 Å². The van der Waals surface area contributed by atoms with Gasteiger partial charge in [-0.15, -0.1) is 0 Å². The molecule has 0 aliphatic rings. The number of hydrogen-bond acceptors (Lipinski definition) is 4. The molecule has 1 amide bonds. The Balaban J connectivity index is 1.87. The lowest BCUT2D eigenvalue weighted by Crippen LogP contribution is -2.26. The van der Waals surface area contributed by atoms with E-state index in [-0.39, 0.29) is 27.7 Å². The molecule has 0 radical (unpaired) electrons. The fourth-order valence-electron chi connectivity index (χ4n) is 1.92. The van der Waals surface area contributed by atoms with Gasteiger partial charge in [0.15, 0.2) is 0 Å². The minimum absolute atomic E-state index is 0.134. The minimum atomic E-state index is -1.25. The highest BCUT2D eigenvalue weighted by atomic mass is 35.5. The van der Waals surface area contributed by atoms with Gasteiger partial charge in [0.05, 0.1) is 10.0 Å². The van der Waals surface area contributed by atoms with Gasteiger partial charge in [-0.1, -0.05) is 23.2 Å². The maximum atomic E-state index is 13.0. The summed E-state index contributed by atoms with van der Waals surface area (Å²) in [5.74, 6) is -1.50. The number of benzene rings is 1. The molecule has 5 nitrogen and oxygen atoms in total. The van der Waals surface area contributed by atoms with Crippen molar-refractivity contribution in [2.45, 2.75) is 12.6 Å². The van der Waals surface area contributed by atoms with Crippen molar-refractivity contribution in [2.75, 3.05) is 6.61 Å². The largest absolute Gasteiger partial charge is 0.446 e. The van der Waals surface area contributed by atoms with Crippen LogP contribution in [-0.4, -0.2) is 22.8 Å². The number of rotatable bonds is 5. The molecule has 0 aliphatic heterocycles. The highest BCUT2D eigenvalue weighted by Gasteiger charge is 2.18. The lowest BCUT2D eigenvalue weighted by molar-refractivity contribution is 0.0679. The van der Waals surface area contributed by atoms with Crippen LogP contribution in [0.1, 0.15) is 17.2 Å². The number of amides is 1. The van der Waals surface area contributed by atoms with Crippen LogP contribution in [-0.2, 0) is 11.3 Å². The number of carbonyl (C=O) groups excluding carboxylic acids is 1. The number of pyridine rings is 1. The molecule has 1 aromatic carbocycles. The second kappa shape index (κ2) is 8.23. The SMILES string of the molecule is O=C(NCc1cc(F)cc(F)c1)OCC(O)c1c(Cl)cncc1Cl. The zero-order valence-electron chi connectivity index (χ0n) is 12.1. The summed E-state index contributed by atoms with van der Waals surface area (Å²) in [5.41, 5.74) is 0.415. The quantitative estimate of drug-likeness (QED) is 0.835. The number of carbonyl (C=O) groups is 1. The molecular weight excluding hydrogens is 365 g/mol. The van der Waals surface area contributed by atoms with Crippen LogP contribution in [0.4, 0.5) is 13.6 Å². The summed E-state index contributed by atoms with van der Waals surface area (Å²) in [7, 11) is 0. The van der Waals surface area contributed by atoms with Crippen molar-refractivity contribution in [2.24, 2.45) is 0 Å². The molecule has 0 saturated heterocycles. The highest BCUT2D eigenvalue weighted by molar-refractivity contribution is 6.35. The molecule has 0 spiro atoms. The summed E-state index contributed by atoms with van der Waals surface area (Å²) in [5, 5.41) is 12.6. The van der Waals surface area contributed by atoms with E-state index in [9.17, 15) is 18.7 Å². The Bertz CT molecular complexity index is 706. The van der Waals surface area contributed by atoms with E-state index < -0.39 is 30.4 Å².